The number of hydrogen-bond donors (Lipinski definition) is 3. The van der Waals surface area contributed by atoms with Crippen LogP contribution in [0.1, 0.15) is 87.5 Å². The van der Waals surface area contributed by atoms with Crippen molar-refractivity contribution in [2.45, 2.75) is 53.6 Å². The number of esters is 2. The Morgan fingerprint density at radius 2 is 1.32 bits per heavy atom. The average Bonchev–Trinajstić information content (AvgIpc) is 2.83. The molecule has 0 bridgehead atoms. The molecule has 0 radical (unpaired) electrons. The molecular formula is C27H34N2O8. The first kappa shape index (κ1) is 31.0. The third-order valence-electron chi connectivity index (χ3n) is 5.29. The Morgan fingerprint density at radius 3 is 1.73 bits per heavy atom. The van der Waals surface area contributed by atoms with E-state index in [1.807, 2.05) is 13.8 Å². The van der Waals surface area contributed by atoms with Crippen LogP contribution in [0.4, 0.5) is 11.4 Å². The molecule has 2 rings (SSSR count). The number of anilines is 2. The number of aliphatic hydroxyl groups is 1. The zero-order valence-corrected chi connectivity index (χ0v) is 22.2. The molecular weight excluding hydrogens is 480 g/mol. The van der Waals surface area contributed by atoms with Crippen molar-refractivity contribution in [2.75, 3.05) is 24.9 Å². The highest BCUT2D eigenvalue weighted by Gasteiger charge is 2.19. The maximum absolute atomic E-state index is 11.8. The molecule has 1 atom stereocenters. The first-order chi connectivity index (χ1) is 17.4. The molecule has 0 aliphatic rings. The number of carbonyl (C=O) groups excluding carboxylic acids is 5. The second kappa shape index (κ2) is 14.5. The summed E-state index contributed by atoms with van der Waals surface area (Å²) in [4.78, 5) is 56.3. The number of rotatable bonds is 8. The Bertz CT molecular complexity index is 1170. The predicted molar refractivity (Wildman–Crippen MR) is 139 cm³/mol. The van der Waals surface area contributed by atoms with Gasteiger partial charge in [-0.15, -0.1) is 0 Å². The summed E-state index contributed by atoms with van der Waals surface area (Å²) in [6.45, 7) is 8.24. The summed E-state index contributed by atoms with van der Waals surface area (Å²) in [5.41, 5.74) is 3.72. The number of methoxy groups -OCH3 is 2. The van der Waals surface area contributed by atoms with Gasteiger partial charge in [-0.2, -0.15) is 0 Å². The van der Waals surface area contributed by atoms with E-state index in [1.54, 1.807) is 25.1 Å². The molecule has 0 heterocycles. The minimum absolute atomic E-state index is 0.162. The van der Waals surface area contributed by atoms with Crippen LogP contribution < -0.4 is 10.6 Å². The number of aldehydes is 1. The van der Waals surface area contributed by atoms with Crippen molar-refractivity contribution in [1.82, 2.24) is 0 Å². The highest BCUT2D eigenvalue weighted by atomic mass is 16.5. The van der Waals surface area contributed by atoms with Crippen molar-refractivity contribution in [3.8, 4) is 0 Å². The molecule has 0 aliphatic heterocycles. The zero-order valence-electron chi connectivity index (χ0n) is 22.2. The second-order valence-corrected chi connectivity index (χ2v) is 8.28. The minimum Gasteiger partial charge on any atom is -0.465 e. The number of aryl methyl sites for hydroxylation is 2. The van der Waals surface area contributed by atoms with Gasteiger partial charge in [-0.1, -0.05) is 13.3 Å². The highest BCUT2D eigenvalue weighted by molar-refractivity contribution is 6.02. The molecule has 0 aliphatic carbocycles. The van der Waals surface area contributed by atoms with Gasteiger partial charge in [-0.05, 0) is 61.2 Å². The van der Waals surface area contributed by atoms with Crippen LogP contribution in [0.5, 0.6) is 0 Å². The summed E-state index contributed by atoms with van der Waals surface area (Å²) >= 11 is 0. The van der Waals surface area contributed by atoms with Gasteiger partial charge in [-0.25, -0.2) is 9.59 Å². The van der Waals surface area contributed by atoms with Crippen molar-refractivity contribution in [2.24, 2.45) is 0 Å². The zero-order chi connectivity index (χ0) is 28.3. The Balaban J connectivity index is 0.000000375. The number of hydrogen-bond acceptors (Lipinski definition) is 8. The van der Waals surface area contributed by atoms with Crippen molar-refractivity contribution < 1.29 is 38.6 Å². The van der Waals surface area contributed by atoms with Crippen LogP contribution >= 0.6 is 0 Å². The molecule has 0 saturated heterocycles. The SMILES string of the molecule is CCCC(O)c1cc(C(=O)OC)c(NC(C)=O)cc1C.COC(=O)c1cc(C=O)c(C)cc1NC(C)=O. The van der Waals surface area contributed by atoms with Gasteiger partial charge in [0.05, 0.1) is 42.8 Å². The van der Waals surface area contributed by atoms with E-state index < -0.39 is 18.0 Å². The molecule has 3 N–H and O–H groups in total. The summed E-state index contributed by atoms with van der Waals surface area (Å²) in [6, 6.07) is 6.24. The van der Waals surface area contributed by atoms with Gasteiger partial charge in [0.2, 0.25) is 11.8 Å². The largest absolute Gasteiger partial charge is 0.465 e. The van der Waals surface area contributed by atoms with Crippen molar-refractivity contribution in [1.29, 1.82) is 0 Å². The van der Waals surface area contributed by atoms with Crippen LogP contribution in [0.3, 0.4) is 0 Å². The molecule has 10 nitrogen and oxygen atoms in total. The molecule has 0 saturated carbocycles. The fourth-order valence-corrected chi connectivity index (χ4v) is 3.51. The lowest BCUT2D eigenvalue weighted by Gasteiger charge is -2.17. The van der Waals surface area contributed by atoms with E-state index in [1.165, 1.54) is 34.1 Å². The number of aliphatic hydroxyl groups excluding tert-OH is 1. The van der Waals surface area contributed by atoms with Crippen LogP contribution in [0.25, 0.3) is 0 Å². The standard InChI is InChI=1S/C15H21NO4.C12H13NO4/c1-5-6-14(18)11-8-12(15(19)20-4)13(7-9(11)2)16-10(3)17;1-7-4-11(13-8(2)15)10(12(16)17-3)5-9(7)6-14/h7-8,14,18H,5-6H2,1-4H3,(H,16,17);4-6H,1-3H3,(H,13,15). The molecule has 2 aromatic rings. The van der Waals surface area contributed by atoms with Crippen LogP contribution in [0.15, 0.2) is 24.3 Å². The normalized spacial score (nSPS) is 10.8. The molecule has 0 spiro atoms. The van der Waals surface area contributed by atoms with Crippen LogP contribution in [-0.2, 0) is 19.1 Å². The van der Waals surface area contributed by atoms with Gasteiger partial charge in [0, 0.05) is 19.4 Å². The van der Waals surface area contributed by atoms with Crippen molar-refractivity contribution in [3.63, 3.8) is 0 Å². The molecule has 2 amide bonds. The molecule has 0 aromatic heterocycles. The maximum atomic E-state index is 11.8. The van der Waals surface area contributed by atoms with Crippen LogP contribution in [0.2, 0.25) is 0 Å². The van der Waals surface area contributed by atoms with Gasteiger partial charge in [0.1, 0.15) is 6.29 Å². The average molecular weight is 515 g/mol. The predicted octanol–water partition coefficient (Wildman–Crippen LogP) is 4.13. The van der Waals surface area contributed by atoms with Crippen LogP contribution in [-0.4, -0.2) is 49.4 Å². The molecule has 37 heavy (non-hydrogen) atoms. The Hall–Kier alpha value is -4.05. The second-order valence-electron chi connectivity index (χ2n) is 8.28. The number of benzene rings is 2. The summed E-state index contributed by atoms with van der Waals surface area (Å²) < 4.78 is 9.31. The van der Waals surface area contributed by atoms with Gasteiger partial charge in [0.25, 0.3) is 0 Å². The molecule has 0 fully saturated rings. The number of amides is 2. The number of nitrogens with one attached hydrogen (secondary N) is 2. The van der Waals surface area contributed by atoms with Crippen molar-refractivity contribution in [3.05, 3.63) is 57.6 Å². The molecule has 200 valence electrons. The Kier molecular flexibility index (Phi) is 12.1. The van der Waals surface area contributed by atoms with Gasteiger partial charge in [-0.3, -0.25) is 14.4 Å². The lowest BCUT2D eigenvalue weighted by atomic mass is 9.96. The molecule has 1 unspecified atom stereocenters. The Morgan fingerprint density at radius 1 is 0.865 bits per heavy atom. The van der Waals surface area contributed by atoms with E-state index in [2.05, 4.69) is 15.4 Å². The quantitative estimate of drug-likeness (QED) is 0.352. The maximum Gasteiger partial charge on any atom is 0.339 e. The van der Waals surface area contributed by atoms with E-state index >= 15 is 0 Å². The van der Waals surface area contributed by atoms with Gasteiger partial charge in [0.15, 0.2) is 0 Å². The summed E-state index contributed by atoms with van der Waals surface area (Å²) in [7, 11) is 2.52. The topological polar surface area (TPSA) is 148 Å². The van der Waals surface area contributed by atoms with E-state index in [9.17, 15) is 29.1 Å². The third-order valence-corrected chi connectivity index (χ3v) is 5.29. The smallest absolute Gasteiger partial charge is 0.339 e. The van der Waals surface area contributed by atoms with Gasteiger partial charge < -0.3 is 25.2 Å². The van der Waals surface area contributed by atoms with Crippen molar-refractivity contribution >= 4 is 41.4 Å². The molecule has 2 aromatic carbocycles. The monoisotopic (exact) mass is 514 g/mol. The first-order valence-electron chi connectivity index (χ1n) is 11.5. The summed E-state index contributed by atoms with van der Waals surface area (Å²) in [5, 5.41) is 15.2. The van der Waals surface area contributed by atoms with E-state index in [4.69, 9.17) is 4.74 Å². The first-order valence-corrected chi connectivity index (χ1v) is 11.5. The van der Waals surface area contributed by atoms with Gasteiger partial charge >= 0.3 is 11.9 Å². The van der Waals surface area contributed by atoms with E-state index in [-0.39, 0.29) is 22.9 Å². The lowest BCUT2D eigenvalue weighted by molar-refractivity contribution is -0.115. The number of ether oxygens (including phenoxy) is 2. The Labute approximate surface area is 216 Å². The minimum atomic E-state index is -0.630. The molecule has 10 heteroatoms. The summed E-state index contributed by atoms with van der Waals surface area (Å²) in [5.74, 6) is -1.71. The van der Waals surface area contributed by atoms with E-state index in [0.717, 1.165) is 12.0 Å². The summed E-state index contributed by atoms with van der Waals surface area (Å²) in [6.07, 6.45) is 1.47. The number of carbonyl (C=O) groups is 5. The fraction of sp³-hybridized carbons (Fsp3) is 0.370. The fourth-order valence-electron chi connectivity index (χ4n) is 3.51. The third kappa shape index (κ3) is 8.84. The van der Waals surface area contributed by atoms with Crippen LogP contribution in [0, 0.1) is 13.8 Å². The highest BCUT2D eigenvalue weighted by Crippen LogP contribution is 2.28. The van der Waals surface area contributed by atoms with E-state index in [0.29, 0.717) is 40.8 Å². The lowest BCUT2D eigenvalue weighted by Crippen LogP contribution is -2.14.